The Morgan fingerprint density at radius 1 is 1.00 bits per heavy atom. The molecule has 0 atom stereocenters. The molecule has 6 heteroatoms. The van der Waals surface area contributed by atoms with E-state index in [-0.39, 0.29) is 11.8 Å². The Morgan fingerprint density at radius 2 is 1.61 bits per heavy atom. The fraction of sp³-hybridized carbons (Fsp3) is 0.409. The SMILES string of the molecule is CCc1cccc(CC)c1NC(=O)c1cncc(C(=O)N2CCN(C)CC2)c1. The maximum absolute atomic E-state index is 12.9. The molecule has 1 fully saturated rings. The Bertz CT molecular complexity index is 835. The molecule has 1 aliphatic heterocycles. The summed E-state index contributed by atoms with van der Waals surface area (Å²) in [6, 6.07) is 7.72. The minimum atomic E-state index is -0.240. The van der Waals surface area contributed by atoms with Crippen molar-refractivity contribution in [2.75, 3.05) is 38.5 Å². The molecule has 1 saturated heterocycles. The van der Waals surface area contributed by atoms with E-state index in [0.29, 0.717) is 24.2 Å². The van der Waals surface area contributed by atoms with Crippen molar-refractivity contribution in [1.82, 2.24) is 14.8 Å². The molecule has 28 heavy (non-hydrogen) atoms. The lowest BCUT2D eigenvalue weighted by atomic mass is 10.0. The van der Waals surface area contributed by atoms with Gasteiger partial charge in [-0.05, 0) is 37.1 Å². The molecule has 0 saturated carbocycles. The molecule has 2 amide bonds. The summed E-state index contributed by atoms with van der Waals surface area (Å²) in [6.07, 6.45) is 4.72. The average molecular weight is 380 g/mol. The summed E-state index contributed by atoms with van der Waals surface area (Å²) in [5, 5.41) is 3.04. The van der Waals surface area contributed by atoms with Crippen LogP contribution in [0.3, 0.4) is 0 Å². The highest BCUT2D eigenvalue weighted by Crippen LogP contribution is 2.23. The number of aryl methyl sites for hydroxylation is 2. The van der Waals surface area contributed by atoms with Gasteiger partial charge >= 0.3 is 0 Å². The number of nitrogens with zero attached hydrogens (tertiary/aromatic N) is 3. The lowest BCUT2D eigenvalue weighted by Crippen LogP contribution is -2.47. The minimum Gasteiger partial charge on any atom is -0.336 e. The van der Waals surface area contributed by atoms with Crippen LogP contribution in [0.1, 0.15) is 45.7 Å². The second-order valence-electron chi connectivity index (χ2n) is 7.17. The lowest BCUT2D eigenvalue weighted by molar-refractivity contribution is 0.0663. The van der Waals surface area contributed by atoms with E-state index in [0.717, 1.165) is 42.7 Å². The number of aromatic nitrogens is 1. The van der Waals surface area contributed by atoms with E-state index in [1.807, 2.05) is 30.1 Å². The van der Waals surface area contributed by atoms with E-state index in [1.165, 1.54) is 12.4 Å². The van der Waals surface area contributed by atoms with Gasteiger partial charge in [-0.15, -0.1) is 0 Å². The minimum absolute atomic E-state index is 0.0709. The van der Waals surface area contributed by atoms with Crippen LogP contribution in [0.25, 0.3) is 0 Å². The Hall–Kier alpha value is -2.73. The van der Waals surface area contributed by atoms with E-state index < -0.39 is 0 Å². The Balaban J connectivity index is 1.79. The smallest absolute Gasteiger partial charge is 0.257 e. The predicted molar refractivity (Wildman–Crippen MR) is 111 cm³/mol. The number of amides is 2. The Morgan fingerprint density at radius 3 is 2.21 bits per heavy atom. The molecular formula is C22H28N4O2. The molecule has 0 unspecified atom stereocenters. The van der Waals surface area contributed by atoms with E-state index in [1.54, 1.807) is 6.07 Å². The van der Waals surface area contributed by atoms with Gasteiger partial charge in [-0.1, -0.05) is 32.0 Å². The van der Waals surface area contributed by atoms with Gasteiger partial charge in [0.15, 0.2) is 0 Å². The van der Waals surface area contributed by atoms with Crippen LogP contribution in [0.2, 0.25) is 0 Å². The van der Waals surface area contributed by atoms with Crippen molar-refractivity contribution in [3.05, 3.63) is 58.9 Å². The zero-order valence-corrected chi connectivity index (χ0v) is 16.9. The fourth-order valence-electron chi connectivity index (χ4n) is 3.46. The maximum Gasteiger partial charge on any atom is 0.257 e. The molecule has 6 nitrogen and oxygen atoms in total. The lowest BCUT2D eigenvalue weighted by Gasteiger charge is -2.32. The highest BCUT2D eigenvalue weighted by Gasteiger charge is 2.21. The molecule has 0 aliphatic carbocycles. The van der Waals surface area contributed by atoms with Crippen molar-refractivity contribution < 1.29 is 9.59 Å². The molecule has 2 aromatic rings. The van der Waals surface area contributed by atoms with Gasteiger partial charge in [0.1, 0.15) is 0 Å². The zero-order valence-electron chi connectivity index (χ0n) is 16.9. The number of pyridine rings is 1. The first-order valence-corrected chi connectivity index (χ1v) is 9.88. The largest absolute Gasteiger partial charge is 0.336 e. The normalized spacial score (nSPS) is 14.8. The van der Waals surface area contributed by atoms with Crippen molar-refractivity contribution >= 4 is 17.5 Å². The number of benzene rings is 1. The number of hydrogen-bond donors (Lipinski definition) is 1. The maximum atomic E-state index is 12.9. The van der Waals surface area contributed by atoms with E-state index in [9.17, 15) is 9.59 Å². The summed E-state index contributed by atoms with van der Waals surface area (Å²) in [4.78, 5) is 33.8. The van der Waals surface area contributed by atoms with E-state index in [2.05, 4.69) is 29.0 Å². The van der Waals surface area contributed by atoms with Crippen LogP contribution in [0.4, 0.5) is 5.69 Å². The third kappa shape index (κ3) is 4.39. The van der Waals surface area contributed by atoms with Gasteiger partial charge in [0.05, 0.1) is 11.1 Å². The Kier molecular flexibility index (Phi) is 6.41. The number of carbonyl (C=O) groups excluding carboxylic acids is 2. The molecule has 3 rings (SSSR count). The summed E-state index contributed by atoms with van der Waals surface area (Å²) in [7, 11) is 2.05. The average Bonchev–Trinajstić information content (AvgIpc) is 2.74. The number of nitrogens with one attached hydrogen (secondary N) is 1. The van der Waals surface area contributed by atoms with Gasteiger partial charge < -0.3 is 15.1 Å². The second-order valence-corrected chi connectivity index (χ2v) is 7.17. The molecule has 1 N–H and O–H groups in total. The quantitative estimate of drug-likeness (QED) is 0.866. The van der Waals surface area contributed by atoms with Crippen molar-refractivity contribution in [3.8, 4) is 0 Å². The molecule has 0 spiro atoms. The first kappa shape index (κ1) is 20.0. The molecule has 0 bridgehead atoms. The van der Waals surface area contributed by atoms with Gasteiger partial charge in [-0.3, -0.25) is 14.6 Å². The topological polar surface area (TPSA) is 65.5 Å². The fourth-order valence-corrected chi connectivity index (χ4v) is 3.46. The Labute approximate surface area is 166 Å². The third-order valence-electron chi connectivity index (χ3n) is 5.28. The van der Waals surface area contributed by atoms with Crippen LogP contribution in [0.15, 0.2) is 36.7 Å². The van der Waals surface area contributed by atoms with Crippen LogP contribution >= 0.6 is 0 Å². The molecule has 1 aliphatic rings. The molecule has 2 heterocycles. The van der Waals surface area contributed by atoms with Crippen LogP contribution in [-0.2, 0) is 12.8 Å². The standard InChI is InChI=1S/C22H28N4O2/c1-4-16-7-6-8-17(5-2)20(16)24-21(27)18-13-19(15-23-14-18)22(28)26-11-9-25(3)10-12-26/h6-8,13-15H,4-5,9-12H2,1-3H3,(H,24,27). The zero-order chi connectivity index (χ0) is 20.1. The van der Waals surface area contributed by atoms with Gasteiger partial charge in [-0.25, -0.2) is 0 Å². The summed E-state index contributed by atoms with van der Waals surface area (Å²) >= 11 is 0. The molecule has 0 radical (unpaired) electrons. The van der Waals surface area contributed by atoms with E-state index in [4.69, 9.17) is 0 Å². The highest BCUT2D eigenvalue weighted by molar-refractivity contribution is 6.06. The summed E-state index contributed by atoms with van der Waals surface area (Å²) in [6.45, 7) is 7.23. The van der Waals surface area contributed by atoms with Crippen LogP contribution in [0, 0.1) is 0 Å². The predicted octanol–water partition coefficient (Wildman–Crippen LogP) is 2.85. The number of carbonyl (C=O) groups is 2. The summed E-state index contributed by atoms with van der Waals surface area (Å²) in [5.74, 6) is -0.311. The van der Waals surface area contributed by atoms with Crippen LogP contribution in [-0.4, -0.2) is 59.8 Å². The second kappa shape index (κ2) is 8.97. The van der Waals surface area contributed by atoms with Gasteiger partial charge in [0.25, 0.3) is 11.8 Å². The van der Waals surface area contributed by atoms with Crippen LogP contribution in [0.5, 0.6) is 0 Å². The number of anilines is 1. The number of hydrogen-bond acceptors (Lipinski definition) is 4. The van der Waals surface area contributed by atoms with Gasteiger partial charge in [0.2, 0.25) is 0 Å². The van der Waals surface area contributed by atoms with Crippen LogP contribution < -0.4 is 5.32 Å². The van der Waals surface area contributed by atoms with E-state index >= 15 is 0 Å². The molecule has 148 valence electrons. The molecular weight excluding hydrogens is 352 g/mol. The van der Waals surface area contributed by atoms with Gasteiger partial charge in [0, 0.05) is 44.3 Å². The van der Waals surface area contributed by atoms with Crippen molar-refractivity contribution in [1.29, 1.82) is 0 Å². The third-order valence-corrected chi connectivity index (χ3v) is 5.28. The van der Waals surface area contributed by atoms with Crippen molar-refractivity contribution in [2.24, 2.45) is 0 Å². The summed E-state index contributed by atoms with van der Waals surface area (Å²) < 4.78 is 0. The molecule has 1 aromatic heterocycles. The summed E-state index contributed by atoms with van der Waals surface area (Å²) in [5.41, 5.74) is 3.92. The highest BCUT2D eigenvalue weighted by atomic mass is 16.2. The molecule has 1 aromatic carbocycles. The van der Waals surface area contributed by atoms with Crippen molar-refractivity contribution in [3.63, 3.8) is 0 Å². The van der Waals surface area contributed by atoms with Crippen molar-refractivity contribution in [2.45, 2.75) is 26.7 Å². The number of piperazine rings is 1. The monoisotopic (exact) mass is 380 g/mol. The first-order valence-electron chi connectivity index (χ1n) is 9.88. The number of likely N-dealkylation sites (N-methyl/N-ethyl adjacent to an activating group) is 1. The number of rotatable bonds is 5. The first-order chi connectivity index (χ1) is 13.5. The number of para-hydroxylation sites is 1. The van der Waals surface area contributed by atoms with Gasteiger partial charge in [-0.2, -0.15) is 0 Å².